The largest absolute Gasteiger partial charge is 0.473 e. The lowest BCUT2D eigenvalue weighted by molar-refractivity contribution is 0.0751. The van der Waals surface area contributed by atoms with E-state index in [0.717, 1.165) is 31.8 Å². The lowest BCUT2D eigenvalue weighted by atomic mass is 9.84. The first kappa shape index (κ1) is 17.8. The van der Waals surface area contributed by atoms with Crippen LogP contribution in [0.25, 0.3) is 0 Å². The van der Waals surface area contributed by atoms with Gasteiger partial charge in [-0.1, -0.05) is 5.92 Å². The molecule has 0 spiro atoms. The minimum atomic E-state index is -0.128. The number of piperidine rings is 3. The van der Waals surface area contributed by atoms with Crippen molar-refractivity contribution in [2.75, 3.05) is 39.3 Å². The number of nitrogens with one attached hydrogen (secondary N) is 1. The predicted octanol–water partition coefficient (Wildman–Crippen LogP) is 1.89. The first-order valence-electron chi connectivity index (χ1n) is 10.6. The molecule has 0 aliphatic carbocycles. The van der Waals surface area contributed by atoms with Gasteiger partial charge in [0.1, 0.15) is 6.10 Å². The summed E-state index contributed by atoms with van der Waals surface area (Å²) in [6, 6.07) is 0.213. The van der Waals surface area contributed by atoms with Crippen molar-refractivity contribution in [1.29, 1.82) is 0 Å². The number of amides is 2. The highest BCUT2D eigenvalue weighted by Gasteiger charge is 2.35. The van der Waals surface area contributed by atoms with E-state index < -0.39 is 0 Å². The van der Waals surface area contributed by atoms with Gasteiger partial charge in [-0.05, 0) is 75.9 Å². The minimum Gasteiger partial charge on any atom is -0.473 e. The van der Waals surface area contributed by atoms with E-state index in [1.165, 1.54) is 38.8 Å². The van der Waals surface area contributed by atoms with E-state index >= 15 is 0 Å². The van der Waals surface area contributed by atoms with Crippen LogP contribution in [-0.2, 0) is 4.74 Å². The van der Waals surface area contributed by atoms with Crippen LogP contribution in [0.15, 0.2) is 35.9 Å². The van der Waals surface area contributed by atoms with Gasteiger partial charge in [0.15, 0.2) is 5.76 Å². The Balaban J connectivity index is 1.19. The van der Waals surface area contributed by atoms with Gasteiger partial charge in [-0.2, -0.15) is 0 Å². The van der Waals surface area contributed by atoms with Crippen LogP contribution in [0.3, 0.4) is 0 Å². The third kappa shape index (κ3) is 3.69. The molecular formula is C22H28N4O2. The van der Waals surface area contributed by atoms with Crippen molar-refractivity contribution in [3.05, 3.63) is 35.9 Å². The molecule has 4 fully saturated rings. The highest BCUT2D eigenvalue weighted by molar-refractivity contribution is 5.77. The lowest BCUT2D eigenvalue weighted by Gasteiger charge is -2.45. The Morgan fingerprint density at radius 1 is 1.21 bits per heavy atom. The molecule has 0 aromatic heterocycles. The summed E-state index contributed by atoms with van der Waals surface area (Å²) in [5, 5.41) is 3.23. The van der Waals surface area contributed by atoms with Gasteiger partial charge >= 0.3 is 6.03 Å². The molecule has 2 atom stereocenters. The number of rotatable bonds is 2. The summed E-state index contributed by atoms with van der Waals surface area (Å²) in [5.41, 5.74) is 0.983. The molecule has 1 unspecified atom stereocenters. The minimum absolute atomic E-state index is 0.0529. The van der Waals surface area contributed by atoms with Gasteiger partial charge in [-0.3, -0.25) is 9.80 Å². The fourth-order valence-electron chi connectivity index (χ4n) is 4.84. The van der Waals surface area contributed by atoms with Crippen molar-refractivity contribution in [3.63, 3.8) is 0 Å². The van der Waals surface area contributed by atoms with Crippen molar-refractivity contribution < 1.29 is 9.53 Å². The Kier molecular flexibility index (Phi) is 4.87. The van der Waals surface area contributed by atoms with Crippen molar-refractivity contribution >= 4 is 6.03 Å². The van der Waals surface area contributed by atoms with Crippen LogP contribution in [0.4, 0.5) is 4.79 Å². The first-order valence-corrected chi connectivity index (χ1v) is 10.6. The highest BCUT2D eigenvalue weighted by Crippen LogP contribution is 2.29. The molecule has 0 aromatic rings. The molecule has 6 heterocycles. The topological polar surface area (TPSA) is 48.1 Å². The van der Waals surface area contributed by atoms with Gasteiger partial charge in [0.25, 0.3) is 0 Å². The SMILES string of the molecule is O=C(N[C@H]1CN2CCC1CC2)N1C=CC2OC(C#CCN3CCCC3)=CC2=C1. The van der Waals surface area contributed by atoms with Crippen LogP contribution < -0.4 is 5.32 Å². The number of carbonyl (C=O) groups excluding carboxylic acids is 1. The molecule has 0 aromatic carbocycles. The molecule has 6 heteroatoms. The molecule has 28 heavy (non-hydrogen) atoms. The predicted molar refractivity (Wildman–Crippen MR) is 107 cm³/mol. The maximum atomic E-state index is 12.7. The van der Waals surface area contributed by atoms with E-state index in [2.05, 4.69) is 27.0 Å². The summed E-state index contributed by atoms with van der Waals surface area (Å²) < 4.78 is 5.90. The normalized spacial score (nSPS) is 33.5. The van der Waals surface area contributed by atoms with E-state index in [9.17, 15) is 4.79 Å². The summed E-state index contributed by atoms with van der Waals surface area (Å²) in [6.07, 6.45) is 12.4. The number of likely N-dealkylation sites (tertiary alicyclic amines) is 1. The molecule has 0 radical (unpaired) electrons. The maximum absolute atomic E-state index is 12.7. The van der Waals surface area contributed by atoms with Crippen molar-refractivity contribution in [2.24, 2.45) is 5.92 Å². The second-order valence-corrected chi connectivity index (χ2v) is 8.40. The molecule has 6 rings (SSSR count). The zero-order valence-electron chi connectivity index (χ0n) is 16.3. The van der Waals surface area contributed by atoms with Gasteiger partial charge in [-0.15, -0.1) is 0 Å². The molecule has 2 bridgehead atoms. The van der Waals surface area contributed by atoms with Crippen molar-refractivity contribution in [1.82, 2.24) is 20.0 Å². The quantitative estimate of drug-likeness (QED) is 0.744. The standard InChI is InChI=1S/C22H28N4O2/c27-22(23-20-16-25-11-5-17(20)6-12-25)26-13-7-21-18(15-26)14-19(28-21)4-3-10-24-8-1-2-9-24/h7,13-15,17,20-21H,1-2,5-6,8-12,16H2,(H,23,27)/t20-,21?/m0/s1. The van der Waals surface area contributed by atoms with Gasteiger partial charge in [0, 0.05) is 30.6 Å². The van der Waals surface area contributed by atoms with E-state index in [-0.39, 0.29) is 18.2 Å². The zero-order valence-corrected chi connectivity index (χ0v) is 16.3. The first-order chi connectivity index (χ1) is 13.7. The van der Waals surface area contributed by atoms with Crippen LogP contribution in [0.1, 0.15) is 25.7 Å². The lowest BCUT2D eigenvalue weighted by Crippen LogP contribution is -2.58. The maximum Gasteiger partial charge on any atom is 0.325 e. The van der Waals surface area contributed by atoms with Crippen LogP contribution in [0.5, 0.6) is 0 Å². The average molecular weight is 380 g/mol. The zero-order chi connectivity index (χ0) is 18.9. The molecule has 2 amide bonds. The number of urea groups is 1. The van der Waals surface area contributed by atoms with Crippen LogP contribution >= 0.6 is 0 Å². The Labute approximate surface area is 166 Å². The number of allylic oxidation sites excluding steroid dienone is 1. The van der Waals surface area contributed by atoms with E-state index in [4.69, 9.17) is 4.74 Å². The van der Waals surface area contributed by atoms with Crippen LogP contribution in [-0.4, -0.2) is 72.1 Å². The molecule has 6 aliphatic heterocycles. The number of nitrogens with zero attached hydrogens (tertiary/aromatic N) is 3. The second kappa shape index (κ2) is 7.65. The summed E-state index contributed by atoms with van der Waals surface area (Å²) in [7, 11) is 0. The number of hydrogen-bond donors (Lipinski definition) is 1. The third-order valence-electron chi connectivity index (χ3n) is 6.50. The Hall–Kier alpha value is -2.23. The number of fused-ring (bicyclic) bond motifs is 4. The van der Waals surface area contributed by atoms with Gasteiger partial charge in [0.05, 0.1) is 6.54 Å². The Morgan fingerprint density at radius 3 is 2.79 bits per heavy atom. The fourth-order valence-corrected chi connectivity index (χ4v) is 4.84. The average Bonchev–Trinajstić information content (AvgIpc) is 3.37. The molecule has 6 aliphatic rings. The summed E-state index contributed by atoms with van der Waals surface area (Å²) >= 11 is 0. The smallest absolute Gasteiger partial charge is 0.325 e. The van der Waals surface area contributed by atoms with Crippen molar-refractivity contribution in [3.8, 4) is 11.8 Å². The van der Waals surface area contributed by atoms with Gasteiger partial charge in [0.2, 0.25) is 0 Å². The van der Waals surface area contributed by atoms with E-state index in [1.807, 2.05) is 18.4 Å². The van der Waals surface area contributed by atoms with Gasteiger partial charge < -0.3 is 15.0 Å². The molecule has 6 nitrogen and oxygen atoms in total. The molecular weight excluding hydrogens is 352 g/mol. The number of ether oxygens (including phenoxy) is 1. The summed E-state index contributed by atoms with van der Waals surface area (Å²) in [4.78, 5) is 19.2. The van der Waals surface area contributed by atoms with Crippen LogP contribution in [0, 0.1) is 17.8 Å². The van der Waals surface area contributed by atoms with E-state index in [1.54, 1.807) is 11.1 Å². The molecule has 0 saturated carbocycles. The Bertz CT molecular complexity index is 776. The summed E-state index contributed by atoms with van der Waals surface area (Å²) in [6.45, 7) is 6.43. The third-order valence-corrected chi connectivity index (χ3v) is 6.50. The second-order valence-electron chi connectivity index (χ2n) is 8.40. The molecule has 148 valence electrons. The van der Waals surface area contributed by atoms with Crippen molar-refractivity contribution in [2.45, 2.75) is 37.8 Å². The van der Waals surface area contributed by atoms with E-state index in [0.29, 0.717) is 11.7 Å². The molecule has 1 N–H and O–H groups in total. The summed E-state index contributed by atoms with van der Waals surface area (Å²) in [5.74, 6) is 7.67. The number of hydrogen-bond acceptors (Lipinski definition) is 4. The van der Waals surface area contributed by atoms with Crippen LogP contribution in [0.2, 0.25) is 0 Å². The molecule has 4 saturated heterocycles. The van der Waals surface area contributed by atoms with Gasteiger partial charge in [-0.25, -0.2) is 4.79 Å². The Morgan fingerprint density at radius 2 is 2.04 bits per heavy atom. The monoisotopic (exact) mass is 380 g/mol. The highest BCUT2D eigenvalue weighted by atomic mass is 16.5. The number of carbonyl (C=O) groups is 1. The fraction of sp³-hybridized carbons (Fsp3) is 0.591.